The minimum Gasteiger partial charge on any atom is -0.495 e. The number of rotatable bonds is 5. The Morgan fingerprint density at radius 3 is 2.40 bits per heavy atom. The SMILES string of the molecule is COc1ccccc1NC(=O)C1=C(C)N(c2ccccc2)C(=S)N[C@H]1c1cccc(C(F)(F)F)c1. The smallest absolute Gasteiger partial charge is 0.416 e. The topological polar surface area (TPSA) is 53.6 Å². The lowest BCUT2D eigenvalue weighted by atomic mass is 9.92. The van der Waals surface area contributed by atoms with E-state index in [1.807, 2.05) is 30.3 Å². The van der Waals surface area contributed by atoms with Crippen LogP contribution in [-0.2, 0) is 11.0 Å². The van der Waals surface area contributed by atoms with E-state index in [0.29, 0.717) is 22.8 Å². The highest BCUT2D eigenvalue weighted by Gasteiger charge is 2.37. The molecule has 0 fully saturated rings. The summed E-state index contributed by atoms with van der Waals surface area (Å²) in [4.78, 5) is 15.3. The molecule has 1 aliphatic heterocycles. The number of ether oxygens (including phenoxy) is 1. The second-order valence-corrected chi connectivity index (χ2v) is 8.22. The fourth-order valence-corrected chi connectivity index (χ4v) is 4.37. The Hall–Kier alpha value is -3.85. The van der Waals surface area contributed by atoms with Gasteiger partial charge in [-0.25, -0.2) is 0 Å². The molecule has 0 aliphatic carbocycles. The minimum atomic E-state index is -4.53. The summed E-state index contributed by atoms with van der Waals surface area (Å²) in [5, 5.41) is 6.18. The summed E-state index contributed by atoms with van der Waals surface area (Å²) in [5.74, 6) is -0.0423. The van der Waals surface area contributed by atoms with Crippen LogP contribution < -0.4 is 20.3 Å². The number of benzene rings is 3. The van der Waals surface area contributed by atoms with Crippen LogP contribution in [0.3, 0.4) is 0 Å². The van der Waals surface area contributed by atoms with Crippen molar-refractivity contribution in [2.45, 2.75) is 19.1 Å². The van der Waals surface area contributed by atoms with Crippen LogP contribution in [-0.4, -0.2) is 18.1 Å². The average Bonchev–Trinajstić information content (AvgIpc) is 2.84. The molecule has 0 aromatic heterocycles. The molecule has 5 nitrogen and oxygen atoms in total. The van der Waals surface area contributed by atoms with Crippen LogP contribution >= 0.6 is 12.2 Å². The second-order valence-electron chi connectivity index (χ2n) is 7.83. The van der Waals surface area contributed by atoms with Crippen LogP contribution in [0.5, 0.6) is 5.75 Å². The van der Waals surface area contributed by atoms with Gasteiger partial charge in [-0.15, -0.1) is 0 Å². The minimum absolute atomic E-state index is 0.229. The predicted molar refractivity (Wildman–Crippen MR) is 133 cm³/mol. The monoisotopic (exact) mass is 497 g/mol. The summed E-state index contributed by atoms with van der Waals surface area (Å²) in [6, 6.07) is 20.0. The van der Waals surface area contributed by atoms with E-state index in [4.69, 9.17) is 17.0 Å². The maximum atomic E-state index is 13.6. The van der Waals surface area contributed by atoms with E-state index in [-0.39, 0.29) is 16.2 Å². The van der Waals surface area contributed by atoms with Gasteiger partial charge in [0, 0.05) is 11.4 Å². The molecule has 1 atom stereocenters. The van der Waals surface area contributed by atoms with Gasteiger partial charge in [-0.2, -0.15) is 13.2 Å². The van der Waals surface area contributed by atoms with Crippen molar-refractivity contribution in [1.82, 2.24) is 5.32 Å². The van der Waals surface area contributed by atoms with Crippen LogP contribution in [0, 0.1) is 0 Å². The zero-order valence-corrected chi connectivity index (χ0v) is 19.7. The second kappa shape index (κ2) is 9.79. The summed E-state index contributed by atoms with van der Waals surface area (Å²) >= 11 is 5.59. The van der Waals surface area contributed by atoms with E-state index >= 15 is 0 Å². The molecule has 0 radical (unpaired) electrons. The standard InChI is InChI=1S/C26H22F3N3O2S/c1-16-22(24(33)30-20-13-6-7-14-21(20)34-2)23(17-9-8-10-18(15-17)26(27,28)29)31-25(35)32(16)19-11-4-3-5-12-19/h3-15,23H,1-2H3,(H,30,33)(H,31,35)/t23-/m0/s1. The molecule has 0 unspecified atom stereocenters. The molecule has 3 aromatic carbocycles. The number of allylic oxidation sites excluding steroid dienone is 1. The number of nitrogens with one attached hydrogen (secondary N) is 2. The zero-order chi connectivity index (χ0) is 25.2. The highest BCUT2D eigenvalue weighted by Crippen LogP contribution is 2.37. The molecule has 3 aromatic rings. The largest absolute Gasteiger partial charge is 0.495 e. The van der Waals surface area contributed by atoms with Crippen molar-refractivity contribution >= 4 is 34.6 Å². The number of hydrogen-bond donors (Lipinski definition) is 2. The Morgan fingerprint density at radius 1 is 1.03 bits per heavy atom. The van der Waals surface area contributed by atoms with Gasteiger partial charge in [0.05, 0.1) is 30.0 Å². The average molecular weight is 498 g/mol. The van der Waals surface area contributed by atoms with Crippen molar-refractivity contribution in [2.75, 3.05) is 17.3 Å². The third-order valence-corrected chi connectivity index (χ3v) is 5.95. The van der Waals surface area contributed by atoms with Gasteiger partial charge in [0.15, 0.2) is 5.11 Å². The van der Waals surface area contributed by atoms with Crippen LogP contribution in [0.15, 0.2) is 90.1 Å². The van der Waals surface area contributed by atoms with Gasteiger partial charge in [0.25, 0.3) is 5.91 Å². The molecule has 0 spiro atoms. The number of nitrogens with zero attached hydrogens (tertiary/aromatic N) is 1. The van der Waals surface area contributed by atoms with Crippen LogP contribution in [0.4, 0.5) is 24.5 Å². The summed E-state index contributed by atoms with van der Waals surface area (Å²) < 4.78 is 45.6. The van der Waals surface area contributed by atoms with E-state index in [2.05, 4.69) is 10.6 Å². The Bertz CT molecular complexity index is 1290. The maximum absolute atomic E-state index is 13.6. The third kappa shape index (κ3) is 5.00. The van der Waals surface area contributed by atoms with Gasteiger partial charge in [-0.1, -0.05) is 42.5 Å². The first-order chi connectivity index (χ1) is 16.7. The van der Waals surface area contributed by atoms with Gasteiger partial charge in [-0.05, 0) is 61.1 Å². The van der Waals surface area contributed by atoms with Crippen molar-refractivity contribution in [3.8, 4) is 5.75 Å². The molecule has 35 heavy (non-hydrogen) atoms. The van der Waals surface area contributed by atoms with E-state index in [0.717, 1.165) is 12.1 Å². The number of amides is 1. The molecule has 1 aliphatic rings. The van der Waals surface area contributed by atoms with E-state index < -0.39 is 23.7 Å². The molecule has 4 rings (SSSR count). The Balaban J connectivity index is 1.83. The van der Waals surface area contributed by atoms with E-state index in [1.54, 1.807) is 36.1 Å². The number of anilines is 2. The highest BCUT2D eigenvalue weighted by atomic mass is 32.1. The number of alkyl halides is 3. The molecule has 0 bridgehead atoms. The number of methoxy groups -OCH3 is 1. The van der Waals surface area contributed by atoms with Crippen LogP contribution in [0.1, 0.15) is 24.1 Å². The molecule has 1 amide bonds. The van der Waals surface area contributed by atoms with Gasteiger partial charge < -0.3 is 15.4 Å². The lowest BCUT2D eigenvalue weighted by Gasteiger charge is -2.38. The highest BCUT2D eigenvalue weighted by molar-refractivity contribution is 7.80. The fraction of sp³-hybridized carbons (Fsp3) is 0.154. The van der Waals surface area contributed by atoms with Crippen molar-refractivity contribution in [1.29, 1.82) is 0 Å². The van der Waals surface area contributed by atoms with Crippen molar-refractivity contribution < 1.29 is 22.7 Å². The number of hydrogen-bond acceptors (Lipinski definition) is 3. The fourth-order valence-electron chi connectivity index (χ4n) is 4.01. The first-order valence-corrected chi connectivity index (χ1v) is 11.1. The first-order valence-electron chi connectivity index (χ1n) is 10.7. The molecule has 2 N–H and O–H groups in total. The van der Waals surface area contributed by atoms with Crippen molar-refractivity contribution in [3.63, 3.8) is 0 Å². The molecular formula is C26H22F3N3O2S. The number of thiocarbonyl (C=S) groups is 1. The number of halogens is 3. The van der Waals surface area contributed by atoms with Gasteiger partial charge >= 0.3 is 6.18 Å². The Labute approximate surface area is 206 Å². The molecule has 0 saturated heterocycles. The van der Waals surface area contributed by atoms with Gasteiger partial charge in [0.1, 0.15) is 5.75 Å². The third-order valence-electron chi connectivity index (χ3n) is 5.65. The Kier molecular flexibility index (Phi) is 6.79. The number of carbonyl (C=O) groups excluding carboxylic acids is 1. The molecule has 0 saturated carbocycles. The van der Waals surface area contributed by atoms with Crippen molar-refractivity contribution in [2.24, 2.45) is 0 Å². The number of carbonyl (C=O) groups is 1. The van der Waals surface area contributed by atoms with Crippen LogP contribution in [0.25, 0.3) is 0 Å². The van der Waals surface area contributed by atoms with Gasteiger partial charge in [-0.3, -0.25) is 9.69 Å². The quantitative estimate of drug-likeness (QED) is 0.420. The lowest BCUT2D eigenvalue weighted by molar-refractivity contribution is -0.137. The normalized spacial score (nSPS) is 16.1. The van der Waals surface area contributed by atoms with Crippen LogP contribution in [0.2, 0.25) is 0 Å². The first kappa shape index (κ1) is 24.3. The zero-order valence-electron chi connectivity index (χ0n) is 18.9. The molecule has 9 heteroatoms. The summed E-state index contributed by atoms with van der Waals surface area (Å²) in [6.07, 6.45) is -4.53. The lowest BCUT2D eigenvalue weighted by Crippen LogP contribution is -2.48. The molecule has 1 heterocycles. The molecule has 180 valence electrons. The summed E-state index contributed by atoms with van der Waals surface area (Å²) in [5.41, 5.74) is 1.33. The summed E-state index contributed by atoms with van der Waals surface area (Å²) in [7, 11) is 1.48. The van der Waals surface area contributed by atoms with E-state index in [1.165, 1.54) is 19.2 Å². The van der Waals surface area contributed by atoms with E-state index in [9.17, 15) is 18.0 Å². The molecular weight excluding hydrogens is 475 g/mol. The van der Waals surface area contributed by atoms with Gasteiger partial charge in [0.2, 0.25) is 0 Å². The Morgan fingerprint density at radius 2 is 1.71 bits per heavy atom. The van der Waals surface area contributed by atoms with Crippen molar-refractivity contribution in [3.05, 3.63) is 101 Å². The number of para-hydroxylation sites is 3. The summed E-state index contributed by atoms with van der Waals surface area (Å²) in [6.45, 7) is 1.72. The maximum Gasteiger partial charge on any atom is 0.416 e. The predicted octanol–water partition coefficient (Wildman–Crippen LogP) is 6.06.